The van der Waals surface area contributed by atoms with E-state index in [9.17, 15) is 10.2 Å². The van der Waals surface area contributed by atoms with Crippen LogP contribution in [-0.2, 0) is 0 Å². The summed E-state index contributed by atoms with van der Waals surface area (Å²) in [6.45, 7) is 6.75. The lowest BCUT2D eigenvalue weighted by molar-refractivity contribution is 0.475. The lowest BCUT2D eigenvalue weighted by atomic mass is 10.3. The number of hydrogen-bond donors (Lipinski definition) is 2. The minimum Gasteiger partial charge on any atom is -0.506 e. The van der Waals surface area contributed by atoms with Crippen molar-refractivity contribution in [3.63, 3.8) is 0 Å². The average Bonchev–Trinajstić information content (AvgIpc) is 2.39. The second-order valence-corrected chi connectivity index (χ2v) is 20.9. The number of benzene rings is 2. The topological polar surface area (TPSA) is 40.5 Å². The van der Waals surface area contributed by atoms with Gasteiger partial charge in [0.05, 0.1) is 16.7 Å². The highest BCUT2D eigenvalue weighted by Crippen LogP contribution is 2.51. The fraction of sp³-hybridized carbons (Fsp3) is 0.200. The molecule has 2 rings (SSSR count). The molecule has 2 aromatic rings. The summed E-state index contributed by atoms with van der Waals surface area (Å²) in [6, 6.07) is 7.57. The molecule has 2 N–H and O–H groups in total. The third kappa shape index (κ3) is 4.42. The summed E-state index contributed by atoms with van der Waals surface area (Å²) in [6.07, 6.45) is 0. The van der Waals surface area contributed by atoms with E-state index >= 15 is 0 Å². The van der Waals surface area contributed by atoms with Gasteiger partial charge in [0.2, 0.25) is 0 Å². The molecular weight excluding hydrogens is 591 g/mol. The van der Waals surface area contributed by atoms with Crippen molar-refractivity contribution in [2.24, 2.45) is 0 Å². The van der Waals surface area contributed by atoms with Crippen molar-refractivity contribution >= 4 is 89.5 Å². The second kappa shape index (κ2) is 7.46. The van der Waals surface area contributed by atoms with Gasteiger partial charge < -0.3 is 10.2 Å². The monoisotopic (exact) mass is 602 g/mol. The van der Waals surface area contributed by atoms with Crippen LogP contribution in [-0.4, -0.2) is 18.0 Å². The Kier molecular flexibility index (Phi) is 6.47. The van der Waals surface area contributed by atoms with E-state index in [4.69, 9.17) is 0 Å². The lowest BCUT2D eigenvalue weighted by Gasteiger charge is -2.32. The molecule has 23 heavy (non-hydrogen) atoms. The van der Waals surface area contributed by atoms with Gasteiger partial charge in [-0.25, -0.2) is 0 Å². The third-order valence-corrected chi connectivity index (χ3v) is 13.8. The molecule has 2 nitrogen and oxygen atoms in total. The molecule has 0 fully saturated rings. The van der Waals surface area contributed by atoms with Crippen LogP contribution in [0.5, 0.6) is 11.5 Å². The fourth-order valence-corrected chi connectivity index (χ4v) is 13.7. The minimum absolute atomic E-state index is 0.247. The molecule has 0 aliphatic rings. The Balaban J connectivity index is 2.80. The van der Waals surface area contributed by atoms with E-state index < -0.39 is 15.2 Å². The van der Waals surface area contributed by atoms with Crippen LogP contribution in [0.25, 0.3) is 0 Å². The van der Waals surface area contributed by atoms with Crippen LogP contribution in [0.4, 0.5) is 0 Å². The van der Waals surface area contributed by atoms with Crippen molar-refractivity contribution in [2.45, 2.75) is 19.6 Å². The largest absolute Gasteiger partial charge is 0.506 e. The predicted molar refractivity (Wildman–Crippen MR) is 117 cm³/mol. The molecule has 0 aromatic heterocycles. The van der Waals surface area contributed by atoms with Gasteiger partial charge in [-0.1, -0.05) is 59.0 Å². The molecule has 0 bridgehead atoms. The van der Waals surface area contributed by atoms with E-state index in [2.05, 4.69) is 83.4 Å². The van der Waals surface area contributed by atoms with Gasteiger partial charge in [0.25, 0.3) is 0 Å². The Morgan fingerprint density at radius 2 is 1.09 bits per heavy atom. The summed E-state index contributed by atoms with van der Waals surface area (Å²) >= 11 is 13.8. The molecule has 0 radical (unpaired) electrons. The maximum atomic E-state index is 10.6. The highest BCUT2D eigenvalue weighted by atomic mass is 79.9. The van der Waals surface area contributed by atoms with Crippen molar-refractivity contribution < 1.29 is 10.2 Å². The van der Waals surface area contributed by atoms with Crippen molar-refractivity contribution in [3.8, 4) is 11.5 Å². The molecule has 0 aliphatic heterocycles. The Hall–Kier alpha value is 0.607. The Morgan fingerprint density at radius 3 is 1.39 bits per heavy atom. The third-order valence-electron chi connectivity index (χ3n) is 3.17. The highest BCUT2D eigenvalue weighted by Gasteiger charge is 2.34. The first kappa shape index (κ1) is 19.9. The van der Waals surface area contributed by atoms with E-state index in [1.807, 2.05) is 24.3 Å². The first-order valence-electron chi connectivity index (χ1n) is 6.68. The molecule has 0 saturated carbocycles. The lowest BCUT2D eigenvalue weighted by Crippen LogP contribution is -2.31. The van der Waals surface area contributed by atoms with Gasteiger partial charge in [-0.05, 0) is 56.1 Å². The molecule has 0 spiro atoms. The van der Waals surface area contributed by atoms with E-state index in [-0.39, 0.29) is 11.5 Å². The molecule has 0 heterocycles. The molecule has 0 aliphatic carbocycles. The maximum absolute atomic E-state index is 10.6. The van der Waals surface area contributed by atoms with Gasteiger partial charge >= 0.3 is 0 Å². The number of hydrogen-bond acceptors (Lipinski definition) is 2. The number of phenols is 2. The van der Waals surface area contributed by atoms with Crippen LogP contribution in [0.3, 0.4) is 0 Å². The van der Waals surface area contributed by atoms with Crippen LogP contribution < -0.4 is 10.6 Å². The first-order valence-corrected chi connectivity index (χ1v) is 15.5. The number of halogens is 4. The number of aromatic hydroxyl groups is 2. The molecule has 2 aromatic carbocycles. The van der Waals surface area contributed by atoms with Crippen molar-refractivity contribution in [3.05, 3.63) is 42.2 Å². The second-order valence-electron chi connectivity index (χ2n) is 6.02. The van der Waals surface area contributed by atoms with Gasteiger partial charge in [-0.3, -0.25) is 0 Å². The molecule has 0 unspecified atom stereocenters. The quantitative estimate of drug-likeness (QED) is 0.313. The molecule has 0 saturated heterocycles. The van der Waals surface area contributed by atoms with E-state index in [1.165, 1.54) is 0 Å². The van der Waals surface area contributed by atoms with Gasteiger partial charge in [0, 0.05) is 19.6 Å². The SMILES string of the molecule is C[Si](C)(C)P(c1cc(Br)cc(Br)c1O)c1cc(Br)cc(Br)c1O. The van der Waals surface area contributed by atoms with Crippen LogP contribution in [0.1, 0.15) is 0 Å². The molecular formula is C15H15Br4O2PSi. The molecule has 0 atom stereocenters. The summed E-state index contributed by atoms with van der Waals surface area (Å²) in [5.74, 6) is 0.495. The predicted octanol–water partition coefficient (Wildman–Crippen LogP) is 6.42. The average molecular weight is 606 g/mol. The Labute approximate surface area is 171 Å². The van der Waals surface area contributed by atoms with E-state index in [0.717, 1.165) is 19.6 Å². The smallest absolute Gasteiger partial charge is 0.137 e. The van der Waals surface area contributed by atoms with Crippen LogP contribution >= 0.6 is 71.2 Å². The minimum atomic E-state index is -1.76. The van der Waals surface area contributed by atoms with Crippen LogP contribution in [0.2, 0.25) is 19.6 Å². The fourth-order valence-electron chi connectivity index (χ4n) is 2.30. The van der Waals surface area contributed by atoms with Crippen LogP contribution in [0.15, 0.2) is 42.2 Å². The van der Waals surface area contributed by atoms with Crippen molar-refractivity contribution in [1.82, 2.24) is 0 Å². The zero-order valence-electron chi connectivity index (χ0n) is 12.7. The van der Waals surface area contributed by atoms with E-state index in [1.54, 1.807) is 0 Å². The van der Waals surface area contributed by atoms with Gasteiger partial charge in [0.1, 0.15) is 11.5 Å². The zero-order chi connectivity index (χ0) is 17.5. The first-order chi connectivity index (χ1) is 10.5. The summed E-state index contributed by atoms with van der Waals surface area (Å²) in [5, 5.41) is 23.0. The van der Waals surface area contributed by atoms with Crippen LogP contribution in [0, 0.1) is 0 Å². The summed E-state index contributed by atoms with van der Waals surface area (Å²) in [4.78, 5) is 0. The Bertz CT molecular complexity index is 705. The van der Waals surface area contributed by atoms with Gasteiger partial charge in [-0.15, -0.1) is 0 Å². The Morgan fingerprint density at radius 1 is 0.739 bits per heavy atom. The molecule has 124 valence electrons. The summed E-state index contributed by atoms with van der Waals surface area (Å²) in [5.41, 5.74) is 0. The zero-order valence-corrected chi connectivity index (χ0v) is 20.9. The summed E-state index contributed by atoms with van der Waals surface area (Å²) < 4.78 is 3.11. The van der Waals surface area contributed by atoms with Crippen molar-refractivity contribution in [2.75, 3.05) is 0 Å². The number of phenolic OH excluding ortho intramolecular Hbond substituents is 2. The number of rotatable bonds is 3. The maximum Gasteiger partial charge on any atom is 0.137 e. The van der Waals surface area contributed by atoms with Gasteiger partial charge in [0.15, 0.2) is 0 Å². The molecule has 0 amide bonds. The highest BCUT2D eigenvalue weighted by molar-refractivity contribution is 9.11. The summed E-state index contributed by atoms with van der Waals surface area (Å²) in [7, 11) is -2.64. The van der Waals surface area contributed by atoms with Gasteiger partial charge in [-0.2, -0.15) is 0 Å². The standard InChI is InChI=1S/C15H15Br4O2PSi/c1-23(2,3)22(12-6-8(16)4-10(18)14(12)20)13-7-9(17)5-11(19)15(13)21/h4-7,20-21H,1-3H3. The normalized spacial score (nSPS) is 12.0. The van der Waals surface area contributed by atoms with Crippen molar-refractivity contribution in [1.29, 1.82) is 0 Å². The van der Waals surface area contributed by atoms with E-state index in [0.29, 0.717) is 8.95 Å². The molecule has 8 heteroatoms.